The zero-order valence-electron chi connectivity index (χ0n) is 16.1. The lowest BCUT2D eigenvalue weighted by Gasteiger charge is -2.20. The van der Waals surface area contributed by atoms with Gasteiger partial charge >= 0.3 is 5.97 Å². The Kier molecular flexibility index (Phi) is 7.81. The van der Waals surface area contributed by atoms with Gasteiger partial charge in [0, 0.05) is 25.7 Å². The molecule has 1 fully saturated rings. The molecule has 2 rings (SSSR count). The number of hydrogen-bond acceptors (Lipinski definition) is 8. The number of carbonyl (C=O) groups excluding carboxylic acids is 1. The number of carbonyl (C=O) groups is 1. The highest BCUT2D eigenvalue weighted by atomic mass is 16.6. The van der Waals surface area contributed by atoms with Crippen molar-refractivity contribution in [1.29, 1.82) is 0 Å². The number of nitro benzene ring substituents is 1. The van der Waals surface area contributed by atoms with Crippen LogP contribution in [0.4, 0.5) is 5.69 Å². The fourth-order valence-corrected chi connectivity index (χ4v) is 3.04. The number of esters is 1. The largest absolute Gasteiger partial charge is 0.493 e. The number of benzene rings is 1. The number of methoxy groups -OCH3 is 2. The van der Waals surface area contributed by atoms with E-state index in [1.54, 1.807) is 0 Å². The first-order valence-electron chi connectivity index (χ1n) is 8.94. The summed E-state index contributed by atoms with van der Waals surface area (Å²) >= 11 is 0. The molecule has 1 saturated heterocycles. The third-order valence-corrected chi connectivity index (χ3v) is 4.57. The van der Waals surface area contributed by atoms with Gasteiger partial charge in [0.2, 0.25) is 0 Å². The van der Waals surface area contributed by atoms with Gasteiger partial charge in [-0.1, -0.05) is 0 Å². The van der Waals surface area contributed by atoms with Crippen LogP contribution < -0.4 is 9.47 Å². The van der Waals surface area contributed by atoms with Crippen LogP contribution in [0, 0.1) is 10.1 Å². The molecule has 0 bridgehead atoms. The minimum Gasteiger partial charge on any atom is -0.493 e. The molecule has 1 heterocycles. The second kappa shape index (κ2) is 10.1. The van der Waals surface area contributed by atoms with Crippen molar-refractivity contribution in [2.45, 2.75) is 12.8 Å². The van der Waals surface area contributed by atoms with E-state index in [1.165, 1.54) is 26.4 Å². The van der Waals surface area contributed by atoms with Crippen molar-refractivity contribution < 1.29 is 23.9 Å². The molecule has 1 aromatic carbocycles. The molecule has 0 aromatic heterocycles. The summed E-state index contributed by atoms with van der Waals surface area (Å²) in [6, 6.07) is 2.50. The van der Waals surface area contributed by atoms with Gasteiger partial charge in [-0.3, -0.25) is 10.1 Å². The fraction of sp³-hybridized carbons (Fsp3) is 0.611. The normalized spacial score (nSPS) is 15.8. The van der Waals surface area contributed by atoms with E-state index < -0.39 is 10.9 Å². The van der Waals surface area contributed by atoms with Crippen LogP contribution in [-0.4, -0.2) is 81.3 Å². The van der Waals surface area contributed by atoms with Crippen LogP contribution in [-0.2, 0) is 4.74 Å². The number of rotatable bonds is 8. The summed E-state index contributed by atoms with van der Waals surface area (Å²) < 4.78 is 15.5. The number of hydrogen-bond donors (Lipinski definition) is 0. The second-order valence-corrected chi connectivity index (χ2v) is 6.47. The molecule has 0 aliphatic carbocycles. The minimum absolute atomic E-state index is 0.166. The summed E-state index contributed by atoms with van der Waals surface area (Å²) in [5.41, 5.74) is -0.534. The van der Waals surface area contributed by atoms with E-state index in [2.05, 4.69) is 21.6 Å². The Balaban J connectivity index is 1.99. The Labute approximate surface area is 158 Å². The first-order chi connectivity index (χ1) is 13.0. The lowest BCUT2D eigenvalue weighted by molar-refractivity contribution is -0.385. The number of likely N-dealkylation sites (N-methyl/N-ethyl adjacent to an activating group) is 1. The van der Waals surface area contributed by atoms with Crippen molar-refractivity contribution in [3.05, 3.63) is 27.8 Å². The van der Waals surface area contributed by atoms with Gasteiger partial charge in [-0.2, -0.15) is 0 Å². The molecule has 0 unspecified atom stereocenters. The van der Waals surface area contributed by atoms with Crippen LogP contribution in [0.5, 0.6) is 11.5 Å². The summed E-state index contributed by atoms with van der Waals surface area (Å²) in [4.78, 5) is 27.1. The summed E-state index contributed by atoms with van der Waals surface area (Å²) in [7, 11) is 4.72. The van der Waals surface area contributed by atoms with E-state index in [4.69, 9.17) is 9.47 Å². The maximum Gasteiger partial charge on any atom is 0.345 e. The van der Waals surface area contributed by atoms with E-state index in [0.717, 1.165) is 45.6 Å². The van der Waals surface area contributed by atoms with Crippen LogP contribution >= 0.6 is 0 Å². The van der Waals surface area contributed by atoms with Crippen molar-refractivity contribution >= 4 is 11.7 Å². The topological polar surface area (TPSA) is 94.4 Å². The quantitative estimate of drug-likeness (QED) is 0.291. The Morgan fingerprint density at radius 3 is 2.63 bits per heavy atom. The lowest BCUT2D eigenvalue weighted by Crippen LogP contribution is -2.30. The molecule has 1 aliphatic rings. The van der Waals surface area contributed by atoms with Gasteiger partial charge < -0.3 is 24.0 Å². The van der Waals surface area contributed by atoms with Crippen LogP contribution in [0.1, 0.15) is 23.2 Å². The average molecular weight is 381 g/mol. The van der Waals surface area contributed by atoms with Crippen molar-refractivity contribution in [3.8, 4) is 11.5 Å². The van der Waals surface area contributed by atoms with Crippen molar-refractivity contribution in [3.63, 3.8) is 0 Å². The highest BCUT2D eigenvalue weighted by Gasteiger charge is 2.25. The number of nitrogens with zero attached hydrogens (tertiary/aromatic N) is 3. The Hall–Kier alpha value is -2.39. The van der Waals surface area contributed by atoms with Gasteiger partial charge in [-0.15, -0.1) is 0 Å². The highest BCUT2D eigenvalue weighted by Crippen LogP contribution is 2.35. The Morgan fingerprint density at radius 2 is 1.96 bits per heavy atom. The third-order valence-electron chi connectivity index (χ3n) is 4.57. The summed E-state index contributed by atoms with van der Waals surface area (Å²) in [6.07, 6.45) is 1.94. The van der Waals surface area contributed by atoms with Crippen molar-refractivity contribution in [2.24, 2.45) is 0 Å². The van der Waals surface area contributed by atoms with Gasteiger partial charge in [0.05, 0.1) is 31.8 Å². The molecule has 150 valence electrons. The van der Waals surface area contributed by atoms with E-state index in [-0.39, 0.29) is 22.7 Å². The van der Waals surface area contributed by atoms with E-state index in [9.17, 15) is 14.9 Å². The maximum absolute atomic E-state index is 11.8. The third kappa shape index (κ3) is 5.80. The van der Waals surface area contributed by atoms with E-state index in [0.29, 0.717) is 6.61 Å². The van der Waals surface area contributed by atoms with Gasteiger partial charge in [0.1, 0.15) is 5.56 Å². The fourth-order valence-electron chi connectivity index (χ4n) is 3.04. The summed E-state index contributed by atoms with van der Waals surface area (Å²) in [5, 5.41) is 11.3. The van der Waals surface area contributed by atoms with Crippen LogP contribution in [0.3, 0.4) is 0 Å². The molecule has 27 heavy (non-hydrogen) atoms. The zero-order valence-corrected chi connectivity index (χ0v) is 16.1. The number of nitro groups is 1. The van der Waals surface area contributed by atoms with Gasteiger partial charge in [-0.25, -0.2) is 4.79 Å². The Morgan fingerprint density at radius 1 is 1.19 bits per heavy atom. The summed E-state index contributed by atoms with van der Waals surface area (Å²) in [5.74, 6) is -0.289. The molecule has 9 heteroatoms. The second-order valence-electron chi connectivity index (χ2n) is 6.47. The van der Waals surface area contributed by atoms with Crippen LogP contribution in [0.25, 0.3) is 0 Å². The smallest absolute Gasteiger partial charge is 0.345 e. The predicted molar refractivity (Wildman–Crippen MR) is 99.7 cm³/mol. The first-order valence-corrected chi connectivity index (χ1v) is 8.94. The molecular formula is C18H27N3O6. The molecule has 1 aromatic rings. The monoisotopic (exact) mass is 381 g/mol. The van der Waals surface area contributed by atoms with Gasteiger partial charge in [0.25, 0.3) is 5.69 Å². The SMILES string of the molecule is COC(=O)c1cc(OC)c(OCCCN2CCCN(C)CC2)cc1[N+](=O)[O-]. The number of ether oxygens (including phenoxy) is 3. The van der Waals surface area contributed by atoms with Crippen molar-refractivity contribution in [2.75, 3.05) is 60.6 Å². The molecule has 1 aliphatic heterocycles. The molecule has 0 saturated carbocycles. The molecule has 0 atom stereocenters. The van der Waals surface area contributed by atoms with Crippen LogP contribution in [0.2, 0.25) is 0 Å². The Bertz CT molecular complexity index is 667. The predicted octanol–water partition coefficient (Wildman–Crippen LogP) is 1.80. The van der Waals surface area contributed by atoms with E-state index in [1.807, 2.05) is 0 Å². The lowest BCUT2D eigenvalue weighted by atomic mass is 10.1. The average Bonchev–Trinajstić information content (AvgIpc) is 2.88. The van der Waals surface area contributed by atoms with Crippen LogP contribution in [0.15, 0.2) is 12.1 Å². The highest BCUT2D eigenvalue weighted by molar-refractivity contribution is 5.94. The van der Waals surface area contributed by atoms with Gasteiger partial charge in [-0.05, 0) is 33.0 Å². The molecule has 0 radical (unpaired) electrons. The molecule has 9 nitrogen and oxygen atoms in total. The van der Waals surface area contributed by atoms with Gasteiger partial charge in [0.15, 0.2) is 11.5 Å². The molecule has 0 spiro atoms. The standard InChI is InChI=1S/C18H27N3O6/c1-19-6-4-7-20(10-9-19)8-5-11-27-17-13-15(21(23)24)14(18(22)26-3)12-16(17)25-2/h12-13H,4-11H2,1-3H3. The molecule has 0 amide bonds. The zero-order chi connectivity index (χ0) is 19.8. The molecular weight excluding hydrogens is 354 g/mol. The van der Waals surface area contributed by atoms with Crippen molar-refractivity contribution in [1.82, 2.24) is 9.80 Å². The first kappa shape index (κ1) is 20.9. The molecule has 0 N–H and O–H groups in total. The van der Waals surface area contributed by atoms with E-state index >= 15 is 0 Å². The maximum atomic E-state index is 11.8. The minimum atomic E-state index is -0.794. The summed E-state index contributed by atoms with van der Waals surface area (Å²) in [6.45, 7) is 5.55.